The van der Waals surface area contributed by atoms with Crippen LogP contribution in [-0.2, 0) is 10.0 Å². The van der Waals surface area contributed by atoms with Gasteiger partial charge in [0.2, 0.25) is 10.0 Å². The Hall–Kier alpha value is -1.27. The summed E-state index contributed by atoms with van der Waals surface area (Å²) in [5, 5.41) is 3.39. The molecule has 0 bridgehead atoms. The Kier molecular flexibility index (Phi) is 4.78. The summed E-state index contributed by atoms with van der Waals surface area (Å²) in [6, 6.07) is 5.29. The average molecular weight is 311 g/mol. The van der Waals surface area contributed by atoms with Gasteiger partial charge in [0, 0.05) is 11.7 Å². The minimum atomic E-state index is -3.52. The van der Waals surface area contributed by atoms with Crippen molar-refractivity contribution in [2.45, 2.75) is 44.0 Å². The highest BCUT2D eigenvalue weighted by molar-refractivity contribution is 7.89. The number of nitrogens with one attached hydrogen (secondary N) is 2. The van der Waals surface area contributed by atoms with Gasteiger partial charge in [-0.1, -0.05) is 13.8 Å². The van der Waals surface area contributed by atoms with Crippen LogP contribution in [-0.4, -0.2) is 21.5 Å². The second-order valence-corrected chi connectivity index (χ2v) is 7.93. The predicted octanol–water partition coefficient (Wildman–Crippen LogP) is 2.41. The van der Waals surface area contributed by atoms with Gasteiger partial charge >= 0.3 is 0 Å². The van der Waals surface area contributed by atoms with E-state index < -0.39 is 10.0 Å². The van der Waals surface area contributed by atoms with E-state index in [1.807, 2.05) is 0 Å². The second kappa shape index (κ2) is 6.23. The van der Waals surface area contributed by atoms with E-state index >= 15 is 0 Å². The van der Waals surface area contributed by atoms with Crippen LogP contribution in [0.1, 0.15) is 33.1 Å². The standard InChI is InChI=1S/C15H25N3O2S/c1-10-4-6-13(8-11(10)2)18-14-7-5-12(16)9-15(14)21(19,20)17-3/h5,7,9-11,13,17-18H,4,6,8,16H2,1-3H3. The number of nitrogen functional groups attached to an aromatic ring is 1. The summed E-state index contributed by atoms with van der Waals surface area (Å²) in [7, 11) is -2.11. The Morgan fingerprint density at radius 2 is 1.90 bits per heavy atom. The van der Waals surface area contributed by atoms with E-state index in [0.29, 0.717) is 23.3 Å². The number of anilines is 2. The lowest BCUT2D eigenvalue weighted by Crippen LogP contribution is -2.31. The molecule has 0 amide bonds. The average Bonchev–Trinajstić information content (AvgIpc) is 2.44. The van der Waals surface area contributed by atoms with Crippen molar-refractivity contribution in [2.24, 2.45) is 11.8 Å². The molecule has 1 saturated carbocycles. The van der Waals surface area contributed by atoms with Crippen molar-refractivity contribution in [3.05, 3.63) is 18.2 Å². The van der Waals surface area contributed by atoms with Crippen molar-refractivity contribution >= 4 is 21.4 Å². The molecule has 5 nitrogen and oxygen atoms in total. The quantitative estimate of drug-likeness (QED) is 0.746. The molecule has 1 aliphatic rings. The molecule has 3 unspecified atom stereocenters. The van der Waals surface area contributed by atoms with Crippen LogP contribution in [0.4, 0.5) is 11.4 Å². The van der Waals surface area contributed by atoms with Crippen molar-refractivity contribution in [1.82, 2.24) is 4.72 Å². The minimum Gasteiger partial charge on any atom is -0.399 e. The summed E-state index contributed by atoms with van der Waals surface area (Å²) in [5.74, 6) is 1.38. The highest BCUT2D eigenvalue weighted by atomic mass is 32.2. The molecule has 0 saturated heterocycles. The topological polar surface area (TPSA) is 84.2 Å². The SMILES string of the molecule is CNS(=O)(=O)c1cc(N)ccc1NC1CCC(C)C(C)C1. The highest BCUT2D eigenvalue weighted by Gasteiger charge is 2.26. The van der Waals surface area contributed by atoms with Crippen molar-refractivity contribution in [3.63, 3.8) is 0 Å². The Morgan fingerprint density at radius 3 is 2.52 bits per heavy atom. The fourth-order valence-corrected chi connectivity index (χ4v) is 3.82. The molecule has 21 heavy (non-hydrogen) atoms. The Labute approximate surface area is 127 Å². The van der Waals surface area contributed by atoms with E-state index in [9.17, 15) is 8.42 Å². The van der Waals surface area contributed by atoms with E-state index in [4.69, 9.17) is 5.73 Å². The van der Waals surface area contributed by atoms with Crippen molar-refractivity contribution in [2.75, 3.05) is 18.1 Å². The maximum absolute atomic E-state index is 12.1. The molecule has 0 aliphatic heterocycles. The first-order valence-corrected chi connectivity index (χ1v) is 8.91. The molecule has 1 aliphatic carbocycles. The normalized spacial score (nSPS) is 26.5. The van der Waals surface area contributed by atoms with Gasteiger partial charge in [0.05, 0.1) is 5.69 Å². The summed E-state index contributed by atoms with van der Waals surface area (Å²) in [6.07, 6.45) is 3.29. The fourth-order valence-electron chi connectivity index (χ4n) is 2.89. The van der Waals surface area contributed by atoms with Crippen LogP contribution < -0.4 is 15.8 Å². The van der Waals surface area contributed by atoms with Gasteiger partial charge in [0.1, 0.15) is 4.90 Å². The van der Waals surface area contributed by atoms with Crippen molar-refractivity contribution < 1.29 is 8.42 Å². The number of rotatable bonds is 4. The van der Waals surface area contributed by atoms with Gasteiger partial charge in [0.25, 0.3) is 0 Å². The monoisotopic (exact) mass is 311 g/mol. The lowest BCUT2D eigenvalue weighted by atomic mass is 9.79. The molecule has 0 radical (unpaired) electrons. The molecule has 1 fully saturated rings. The first-order valence-electron chi connectivity index (χ1n) is 7.43. The Morgan fingerprint density at radius 1 is 1.19 bits per heavy atom. The third-order valence-corrected chi connectivity index (χ3v) is 5.98. The lowest BCUT2D eigenvalue weighted by molar-refractivity contribution is 0.260. The summed E-state index contributed by atoms with van der Waals surface area (Å²) in [6.45, 7) is 4.54. The fraction of sp³-hybridized carbons (Fsp3) is 0.600. The molecule has 1 aromatic rings. The van der Waals surface area contributed by atoms with Gasteiger partial charge in [-0.05, 0) is 56.3 Å². The summed E-state index contributed by atoms with van der Waals surface area (Å²) < 4.78 is 26.6. The van der Waals surface area contributed by atoms with E-state index in [1.165, 1.54) is 19.5 Å². The number of hydrogen-bond donors (Lipinski definition) is 3. The molecular formula is C15H25N3O2S. The Balaban J connectivity index is 2.24. The van der Waals surface area contributed by atoms with Crippen LogP contribution in [0.25, 0.3) is 0 Å². The molecular weight excluding hydrogens is 286 g/mol. The molecule has 2 rings (SSSR count). The van der Waals surface area contributed by atoms with Crippen molar-refractivity contribution in [3.8, 4) is 0 Å². The smallest absolute Gasteiger partial charge is 0.242 e. The molecule has 118 valence electrons. The van der Waals surface area contributed by atoms with E-state index in [2.05, 4.69) is 23.9 Å². The zero-order chi connectivity index (χ0) is 15.6. The van der Waals surface area contributed by atoms with E-state index in [1.54, 1.807) is 12.1 Å². The maximum atomic E-state index is 12.1. The van der Waals surface area contributed by atoms with Gasteiger partial charge in [-0.15, -0.1) is 0 Å². The van der Waals surface area contributed by atoms with Crippen LogP contribution in [0.5, 0.6) is 0 Å². The number of benzene rings is 1. The highest BCUT2D eigenvalue weighted by Crippen LogP contribution is 2.32. The third-order valence-electron chi connectivity index (χ3n) is 4.52. The second-order valence-electron chi connectivity index (χ2n) is 6.07. The van der Waals surface area contributed by atoms with Gasteiger partial charge in [0.15, 0.2) is 0 Å². The first-order chi connectivity index (χ1) is 9.83. The molecule has 0 aromatic heterocycles. The van der Waals surface area contributed by atoms with Gasteiger partial charge in [-0.2, -0.15) is 0 Å². The molecule has 1 aromatic carbocycles. The minimum absolute atomic E-state index is 0.219. The van der Waals surface area contributed by atoms with Crippen LogP contribution in [0.3, 0.4) is 0 Å². The van der Waals surface area contributed by atoms with E-state index in [-0.39, 0.29) is 4.90 Å². The molecule has 6 heteroatoms. The third kappa shape index (κ3) is 3.68. The lowest BCUT2D eigenvalue weighted by Gasteiger charge is -2.33. The van der Waals surface area contributed by atoms with Gasteiger partial charge in [-0.25, -0.2) is 13.1 Å². The summed E-state index contributed by atoms with van der Waals surface area (Å²) in [4.78, 5) is 0.219. The van der Waals surface area contributed by atoms with E-state index in [0.717, 1.165) is 18.8 Å². The van der Waals surface area contributed by atoms with Crippen LogP contribution in [0.15, 0.2) is 23.1 Å². The maximum Gasteiger partial charge on any atom is 0.242 e. The Bertz CT molecular complexity index is 601. The van der Waals surface area contributed by atoms with Crippen LogP contribution >= 0.6 is 0 Å². The number of hydrogen-bond acceptors (Lipinski definition) is 4. The van der Waals surface area contributed by atoms with Crippen LogP contribution in [0.2, 0.25) is 0 Å². The predicted molar refractivity (Wildman–Crippen MR) is 86.7 cm³/mol. The zero-order valence-corrected chi connectivity index (χ0v) is 13.7. The molecule has 0 spiro atoms. The summed E-state index contributed by atoms with van der Waals surface area (Å²) >= 11 is 0. The first kappa shape index (κ1) is 16.1. The number of nitrogens with two attached hydrogens (primary N) is 1. The molecule has 3 atom stereocenters. The van der Waals surface area contributed by atoms with Gasteiger partial charge in [-0.3, -0.25) is 0 Å². The largest absolute Gasteiger partial charge is 0.399 e. The van der Waals surface area contributed by atoms with Crippen molar-refractivity contribution in [1.29, 1.82) is 0 Å². The van der Waals surface area contributed by atoms with Crippen LogP contribution in [0, 0.1) is 11.8 Å². The zero-order valence-electron chi connectivity index (χ0n) is 12.9. The number of sulfonamides is 1. The summed E-state index contributed by atoms with van der Waals surface area (Å²) in [5.41, 5.74) is 6.81. The molecule has 4 N–H and O–H groups in total. The van der Waals surface area contributed by atoms with Gasteiger partial charge < -0.3 is 11.1 Å². The molecule has 0 heterocycles.